The lowest BCUT2D eigenvalue weighted by atomic mass is 9.96. The van der Waals surface area contributed by atoms with Gasteiger partial charge in [-0.05, 0) is 89.5 Å². The van der Waals surface area contributed by atoms with Crippen LogP contribution in [0.3, 0.4) is 0 Å². The minimum Gasteiger partial charge on any atom is -0.309 e. The highest BCUT2D eigenvalue weighted by Crippen LogP contribution is 2.39. The van der Waals surface area contributed by atoms with Crippen LogP contribution in [0, 0.1) is 34.0 Å². The number of hydrogen-bond donors (Lipinski definition) is 0. The zero-order valence-corrected chi connectivity index (χ0v) is 26.7. The van der Waals surface area contributed by atoms with Crippen LogP contribution in [0.2, 0.25) is 0 Å². The van der Waals surface area contributed by atoms with E-state index < -0.39 is 0 Å². The van der Waals surface area contributed by atoms with Crippen molar-refractivity contribution in [2.45, 2.75) is 0 Å². The van der Waals surface area contributed by atoms with Crippen molar-refractivity contribution >= 4 is 43.6 Å². The van der Waals surface area contributed by atoms with Crippen molar-refractivity contribution in [3.05, 3.63) is 168 Å². The molecule has 9 rings (SSSR count). The predicted molar refractivity (Wildman–Crippen MR) is 200 cm³/mol. The Labute approximate surface area is 287 Å². The van der Waals surface area contributed by atoms with Crippen LogP contribution >= 0.6 is 0 Å². The third kappa shape index (κ3) is 4.38. The van der Waals surface area contributed by atoms with Gasteiger partial charge in [0.05, 0.1) is 62.3 Å². The van der Waals surface area contributed by atoms with Crippen molar-refractivity contribution in [2.24, 2.45) is 0 Å². The largest absolute Gasteiger partial charge is 0.309 e. The van der Waals surface area contributed by atoms with Gasteiger partial charge < -0.3 is 9.13 Å². The Bertz CT molecular complexity index is 2850. The van der Waals surface area contributed by atoms with Gasteiger partial charge in [-0.3, -0.25) is 0 Å². The van der Waals surface area contributed by atoms with Crippen molar-refractivity contribution in [1.29, 1.82) is 15.8 Å². The van der Waals surface area contributed by atoms with Crippen molar-refractivity contribution in [2.75, 3.05) is 0 Å². The summed E-state index contributed by atoms with van der Waals surface area (Å²) < 4.78 is 4.42. The summed E-state index contributed by atoms with van der Waals surface area (Å²) in [5.74, 6) is 0. The second-order valence-corrected chi connectivity index (χ2v) is 12.3. The first kappa shape index (κ1) is 28.8. The zero-order valence-electron chi connectivity index (χ0n) is 26.7. The third-order valence-electron chi connectivity index (χ3n) is 9.61. The average molecular weight is 636 g/mol. The Kier molecular flexibility index (Phi) is 6.56. The molecule has 5 heteroatoms. The average Bonchev–Trinajstić information content (AvgIpc) is 3.69. The quantitative estimate of drug-likeness (QED) is 0.193. The van der Waals surface area contributed by atoms with Crippen LogP contribution in [0.5, 0.6) is 0 Å². The zero-order chi connectivity index (χ0) is 33.8. The highest BCUT2D eigenvalue weighted by Gasteiger charge is 2.18. The normalized spacial score (nSPS) is 11.1. The highest BCUT2D eigenvalue weighted by molar-refractivity contribution is 6.11. The molecule has 0 unspecified atom stereocenters. The predicted octanol–water partition coefficient (Wildman–Crippen LogP) is 10.8. The van der Waals surface area contributed by atoms with Crippen molar-refractivity contribution in [3.8, 4) is 51.8 Å². The number of hydrogen-bond acceptors (Lipinski definition) is 3. The first-order valence-electron chi connectivity index (χ1n) is 16.3. The van der Waals surface area contributed by atoms with E-state index in [0.29, 0.717) is 16.7 Å². The molecule has 230 valence electrons. The van der Waals surface area contributed by atoms with E-state index in [9.17, 15) is 15.8 Å². The molecule has 7 aromatic carbocycles. The summed E-state index contributed by atoms with van der Waals surface area (Å²) >= 11 is 0. The van der Waals surface area contributed by atoms with Gasteiger partial charge in [0.2, 0.25) is 0 Å². The van der Waals surface area contributed by atoms with Gasteiger partial charge in [0, 0.05) is 27.1 Å². The summed E-state index contributed by atoms with van der Waals surface area (Å²) in [6, 6.07) is 58.0. The molecule has 2 heterocycles. The van der Waals surface area contributed by atoms with Gasteiger partial charge >= 0.3 is 0 Å². The summed E-state index contributed by atoms with van der Waals surface area (Å²) in [4.78, 5) is 0. The lowest BCUT2D eigenvalue weighted by Gasteiger charge is -2.16. The van der Waals surface area contributed by atoms with Gasteiger partial charge in [-0.25, -0.2) is 0 Å². The van der Waals surface area contributed by atoms with Crippen LogP contribution < -0.4 is 0 Å². The summed E-state index contributed by atoms with van der Waals surface area (Å²) in [5.41, 5.74) is 11.7. The van der Waals surface area contributed by atoms with Gasteiger partial charge in [-0.15, -0.1) is 0 Å². The van der Waals surface area contributed by atoms with Crippen LogP contribution in [0.15, 0.2) is 152 Å². The molecule has 0 amide bonds. The number of fused-ring (bicyclic) bond motifs is 6. The monoisotopic (exact) mass is 635 g/mol. The SMILES string of the molecule is N#Cc1ccc2c(c1)c1cc(C#N)ccc1n2-c1ccccc1-c1cccc(-c2ccc(C#N)c(-n3c4ccccc4c4ccccc43)c2)c1. The molecule has 0 aliphatic carbocycles. The standard InChI is InChI=1S/C45H25N5/c46-26-29-16-20-43-38(22-29)39-23-30(27-47)17-21-44(39)49(43)40-13-4-1-10-35(40)33-9-7-8-31(24-33)32-18-19-34(28-48)45(25-32)50-41-14-5-2-11-36(41)37-12-3-6-15-42(37)50/h1-25H. The maximum Gasteiger partial charge on any atom is 0.101 e. The number of nitriles is 3. The van der Waals surface area contributed by atoms with Gasteiger partial charge in [-0.1, -0.05) is 78.9 Å². The van der Waals surface area contributed by atoms with E-state index in [1.54, 1.807) is 0 Å². The van der Waals surface area contributed by atoms with Crippen LogP contribution in [0.4, 0.5) is 0 Å². The van der Waals surface area contributed by atoms with Crippen LogP contribution in [0.25, 0.3) is 77.2 Å². The fraction of sp³-hybridized carbons (Fsp3) is 0. The second kappa shape index (κ2) is 11.4. The van der Waals surface area contributed by atoms with E-state index in [1.807, 2.05) is 72.8 Å². The summed E-state index contributed by atoms with van der Waals surface area (Å²) in [6.45, 7) is 0. The molecule has 0 spiro atoms. The molecule has 0 aliphatic heterocycles. The van der Waals surface area contributed by atoms with Gasteiger partial charge in [0.25, 0.3) is 0 Å². The molecular formula is C45H25N5. The van der Waals surface area contributed by atoms with Gasteiger partial charge in [0.1, 0.15) is 6.07 Å². The molecular weight excluding hydrogens is 611 g/mol. The van der Waals surface area contributed by atoms with Crippen LogP contribution in [-0.4, -0.2) is 9.13 Å². The minimum absolute atomic E-state index is 0.572. The molecule has 0 saturated heterocycles. The molecule has 0 radical (unpaired) electrons. The van der Waals surface area contributed by atoms with E-state index in [-0.39, 0.29) is 0 Å². The molecule has 0 saturated carbocycles. The molecule has 0 aliphatic rings. The van der Waals surface area contributed by atoms with Crippen molar-refractivity contribution in [1.82, 2.24) is 9.13 Å². The maximum atomic E-state index is 10.2. The van der Waals surface area contributed by atoms with E-state index in [2.05, 4.69) is 106 Å². The van der Waals surface area contributed by atoms with Gasteiger partial charge in [-0.2, -0.15) is 15.8 Å². The number of aromatic nitrogens is 2. The summed E-state index contributed by atoms with van der Waals surface area (Å²) in [7, 11) is 0. The summed E-state index contributed by atoms with van der Waals surface area (Å²) in [5, 5.41) is 33.7. The Morgan fingerprint density at radius 3 is 1.54 bits per heavy atom. The molecule has 0 N–H and O–H groups in total. The fourth-order valence-corrected chi connectivity index (χ4v) is 7.37. The van der Waals surface area contributed by atoms with Crippen molar-refractivity contribution in [3.63, 3.8) is 0 Å². The first-order valence-corrected chi connectivity index (χ1v) is 16.3. The number of nitrogens with zero attached hydrogens (tertiary/aromatic N) is 5. The Morgan fingerprint density at radius 1 is 0.360 bits per heavy atom. The first-order chi connectivity index (χ1) is 24.7. The fourth-order valence-electron chi connectivity index (χ4n) is 7.37. The third-order valence-corrected chi connectivity index (χ3v) is 9.61. The van der Waals surface area contributed by atoms with Crippen molar-refractivity contribution < 1.29 is 0 Å². The molecule has 50 heavy (non-hydrogen) atoms. The highest BCUT2D eigenvalue weighted by atomic mass is 15.0. The van der Waals surface area contributed by atoms with E-state index in [0.717, 1.165) is 77.2 Å². The van der Waals surface area contributed by atoms with Gasteiger partial charge in [0.15, 0.2) is 0 Å². The van der Waals surface area contributed by atoms with E-state index in [1.165, 1.54) is 0 Å². The molecule has 0 atom stereocenters. The summed E-state index contributed by atoms with van der Waals surface area (Å²) in [6.07, 6.45) is 0. The second-order valence-electron chi connectivity index (χ2n) is 12.3. The molecule has 9 aromatic rings. The number of para-hydroxylation sites is 3. The minimum atomic E-state index is 0.572. The molecule has 0 bridgehead atoms. The number of benzene rings is 7. The molecule has 5 nitrogen and oxygen atoms in total. The smallest absolute Gasteiger partial charge is 0.101 e. The molecule has 2 aromatic heterocycles. The lowest BCUT2D eigenvalue weighted by Crippen LogP contribution is -1.99. The topological polar surface area (TPSA) is 81.2 Å². The molecule has 0 fully saturated rings. The maximum absolute atomic E-state index is 10.2. The van der Waals surface area contributed by atoms with Crippen LogP contribution in [-0.2, 0) is 0 Å². The van der Waals surface area contributed by atoms with E-state index >= 15 is 0 Å². The Balaban J connectivity index is 1.23. The van der Waals surface area contributed by atoms with Crippen LogP contribution in [0.1, 0.15) is 16.7 Å². The van der Waals surface area contributed by atoms with E-state index in [4.69, 9.17) is 0 Å². The Morgan fingerprint density at radius 2 is 0.900 bits per heavy atom. The lowest BCUT2D eigenvalue weighted by molar-refractivity contribution is 1.17. The Hall–Kier alpha value is -7.39. The number of rotatable bonds is 4.